The fraction of sp³-hybridized carbons (Fsp3) is 0.143. The number of benzene rings is 3. The molecule has 0 bridgehead atoms. The number of amides is 1. The van der Waals surface area contributed by atoms with Gasteiger partial charge in [-0.1, -0.05) is 60.7 Å². The molecular formula is C28H27N2O3+. The predicted octanol–water partition coefficient (Wildman–Crippen LogP) is 3.58. The van der Waals surface area contributed by atoms with Gasteiger partial charge in [0.25, 0.3) is 5.91 Å². The summed E-state index contributed by atoms with van der Waals surface area (Å²) >= 11 is 0. The van der Waals surface area contributed by atoms with Crippen molar-refractivity contribution < 1.29 is 19.2 Å². The molecule has 5 nitrogen and oxygen atoms in total. The monoisotopic (exact) mass is 439 g/mol. The summed E-state index contributed by atoms with van der Waals surface area (Å²) in [6.07, 6.45) is 3.96. The number of methoxy groups -OCH3 is 1. The smallest absolute Gasteiger partial charge is 0.261 e. The minimum atomic E-state index is -1.77. The molecule has 1 amide bonds. The average molecular weight is 440 g/mol. The van der Waals surface area contributed by atoms with Crippen molar-refractivity contribution in [3.63, 3.8) is 0 Å². The quantitative estimate of drug-likeness (QED) is 0.413. The molecule has 0 spiro atoms. The van der Waals surface area contributed by atoms with Gasteiger partial charge in [-0.25, -0.2) is 4.57 Å². The molecule has 0 aliphatic carbocycles. The van der Waals surface area contributed by atoms with E-state index in [-0.39, 0.29) is 0 Å². The molecule has 0 fully saturated rings. The van der Waals surface area contributed by atoms with Crippen molar-refractivity contribution in [2.45, 2.75) is 18.7 Å². The molecule has 1 heterocycles. The molecule has 5 heteroatoms. The lowest BCUT2D eigenvalue weighted by molar-refractivity contribution is -0.688. The molecule has 166 valence electrons. The minimum Gasteiger partial charge on any atom is -0.497 e. The molecule has 0 saturated heterocycles. The fourth-order valence-corrected chi connectivity index (χ4v) is 3.75. The second-order valence-corrected chi connectivity index (χ2v) is 7.85. The molecular weight excluding hydrogens is 412 g/mol. The van der Waals surface area contributed by atoms with Crippen molar-refractivity contribution in [1.82, 2.24) is 5.32 Å². The highest BCUT2D eigenvalue weighted by Gasteiger charge is 2.39. The first-order valence-corrected chi connectivity index (χ1v) is 10.8. The van der Waals surface area contributed by atoms with Crippen LogP contribution in [0.2, 0.25) is 0 Å². The van der Waals surface area contributed by atoms with Gasteiger partial charge < -0.3 is 15.2 Å². The number of ether oxygens (including phenoxy) is 1. The highest BCUT2D eigenvalue weighted by atomic mass is 16.5. The first-order chi connectivity index (χ1) is 16.1. The molecule has 4 aromatic rings. The van der Waals surface area contributed by atoms with Crippen molar-refractivity contribution >= 4 is 5.91 Å². The Bertz CT molecular complexity index is 1140. The Morgan fingerprint density at radius 1 is 0.818 bits per heavy atom. The first-order valence-electron chi connectivity index (χ1n) is 10.8. The van der Waals surface area contributed by atoms with Crippen LogP contribution < -0.4 is 14.6 Å². The van der Waals surface area contributed by atoms with E-state index >= 15 is 0 Å². The standard InChI is InChI=1S/C28H26N2O3/c1-33-26-14-12-23(13-15-26)21-30-18-16-22(17-19-30)20-29-27(31)28(32,24-8-4-2-5-9-24)25-10-6-3-7-11-25/h2-19,32H,20-21H2,1H3/p+1. The molecule has 33 heavy (non-hydrogen) atoms. The largest absolute Gasteiger partial charge is 0.497 e. The van der Waals surface area contributed by atoms with Crippen LogP contribution >= 0.6 is 0 Å². The second kappa shape index (κ2) is 10.1. The van der Waals surface area contributed by atoms with Gasteiger partial charge in [0.1, 0.15) is 5.75 Å². The van der Waals surface area contributed by atoms with Gasteiger partial charge in [0.05, 0.1) is 7.11 Å². The third-order valence-electron chi connectivity index (χ3n) is 5.65. The lowest BCUT2D eigenvalue weighted by Crippen LogP contribution is -2.45. The Balaban J connectivity index is 1.45. The minimum absolute atomic E-state index is 0.310. The molecule has 4 rings (SSSR count). The van der Waals surface area contributed by atoms with E-state index < -0.39 is 11.5 Å². The number of aliphatic hydroxyl groups is 1. The van der Waals surface area contributed by atoms with Crippen molar-refractivity contribution in [3.05, 3.63) is 132 Å². The van der Waals surface area contributed by atoms with Crippen molar-refractivity contribution in [1.29, 1.82) is 0 Å². The zero-order valence-electron chi connectivity index (χ0n) is 18.5. The lowest BCUT2D eigenvalue weighted by atomic mass is 9.85. The van der Waals surface area contributed by atoms with Gasteiger partial charge in [0.15, 0.2) is 24.5 Å². The number of aromatic nitrogens is 1. The Morgan fingerprint density at radius 2 is 1.36 bits per heavy atom. The fourth-order valence-electron chi connectivity index (χ4n) is 3.75. The Labute approximate surface area is 193 Å². The molecule has 0 aliphatic rings. The maximum Gasteiger partial charge on any atom is 0.261 e. The van der Waals surface area contributed by atoms with Crippen LogP contribution in [0.15, 0.2) is 109 Å². The zero-order valence-corrected chi connectivity index (χ0v) is 18.5. The normalized spacial score (nSPS) is 11.1. The number of nitrogens with one attached hydrogen (secondary N) is 1. The maximum atomic E-state index is 13.2. The molecule has 0 saturated carbocycles. The Hall–Kier alpha value is -3.96. The highest BCUT2D eigenvalue weighted by Crippen LogP contribution is 2.30. The summed E-state index contributed by atoms with van der Waals surface area (Å²) in [7, 11) is 1.65. The van der Waals surface area contributed by atoms with Gasteiger partial charge in [-0.3, -0.25) is 4.79 Å². The number of pyridine rings is 1. The molecule has 1 aromatic heterocycles. The zero-order chi connectivity index (χ0) is 23.1. The van der Waals surface area contributed by atoms with Crippen LogP contribution in [0.4, 0.5) is 0 Å². The summed E-state index contributed by atoms with van der Waals surface area (Å²) in [4.78, 5) is 13.2. The molecule has 0 unspecified atom stereocenters. The van der Waals surface area contributed by atoms with E-state index in [9.17, 15) is 9.90 Å². The van der Waals surface area contributed by atoms with Gasteiger partial charge >= 0.3 is 0 Å². The SMILES string of the molecule is COc1ccc(C[n+]2ccc(CNC(=O)C(O)(c3ccccc3)c3ccccc3)cc2)cc1. The van der Waals surface area contributed by atoms with Gasteiger partial charge in [0, 0.05) is 24.2 Å². The van der Waals surface area contributed by atoms with Crippen molar-refractivity contribution in [2.75, 3.05) is 7.11 Å². The topological polar surface area (TPSA) is 62.4 Å². The molecule has 3 aromatic carbocycles. The number of nitrogens with zero attached hydrogens (tertiary/aromatic N) is 1. The number of carbonyl (C=O) groups is 1. The summed E-state index contributed by atoms with van der Waals surface area (Å²) in [6.45, 7) is 1.04. The Kier molecular flexibility index (Phi) is 6.81. The van der Waals surface area contributed by atoms with Crippen LogP contribution in [0.5, 0.6) is 5.75 Å². The summed E-state index contributed by atoms with van der Waals surface area (Å²) in [5.74, 6) is 0.371. The summed E-state index contributed by atoms with van der Waals surface area (Å²) < 4.78 is 7.27. The molecule has 0 atom stereocenters. The molecule has 0 aliphatic heterocycles. The lowest BCUT2D eigenvalue weighted by Gasteiger charge is -2.28. The van der Waals surface area contributed by atoms with Gasteiger partial charge in [-0.05, 0) is 41.0 Å². The third kappa shape index (κ3) is 5.10. The van der Waals surface area contributed by atoms with Gasteiger partial charge in [-0.15, -0.1) is 0 Å². The van der Waals surface area contributed by atoms with E-state index in [1.54, 1.807) is 31.4 Å². The van der Waals surface area contributed by atoms with Crippen LogP contribution in [0.1, 0.15) is 22.3 Å². The van der Waals surface area contributed by atoms with Gasteiger partial charge in [-0.2, -0.15) is 0 Å². The Morgan fingerprint density at radius 3 is 1.88 bits per heavy atom. The van der Waals surface area contributed by atoms with Crippen molar-refractivity contribution in [2.24, 2.45) is 0 Å². The third-order valence-corrected chi connectivity index (χ3v) is 5.65. The summed E-state index contributed by atoms with van der Waals surface area (Å²) in [5, 5.41) is 14.4. The van der Waals surface area contributed by atoms with Crippen LogP contribution in [-0.2, 0) is 23.5 Å². The average Bonchev–Trinajstić information content (AvgIpc) is 2.89. The van der Waals surface area contributed by atoms with Crippen LogP contribution in [0.25, 0.3) is 0 Å². The van der Waals surface area contributed by atoms with E-state index in [0.29, 0.717) is 17.7 Å². The number of rotatable bonds is 8. The van der Waals surface area contributed by atoms with E-state index in [2.05, 4.69) is 9.88 Å². The van der Waals surface area contributed by atoms with E-state index in [1.165, 1.54) is 0 Å². The first kappa shape index (κ1) is 22.2. The highest BCUT2D eigenvalue weighted by molar-refractivity contribution is 5.90. The molecule has 2 N–H and O–H groups in total. The predicted molar refractivity (Wildman–Crippen MR) is 126 cm³/mol. The van der Waals surface area contributed by atoms with Crippen molar-refractivity contribution in [3.8, 4) is 5.75 Å². The van der Waals surface area contributed by atoms with Crippen LogP contribution in [0, 0.1) is 0 Å². The van der Waals surface area contributed by atoms with E-state index in [1.807, 2.05) is 85.2 Å². The number of hydrogen-bond acceptors (Lipinski definition) is 3. The maximum absolute atomic E-state index is 13.2. The number of hydrogen-bond donors (Lipinski definition) is 2. The van der Waals surface area contributed by atoms with E-state index in [0.717, 1.165) is 23.4 Å². The van der Waals surface area contributed by atoms with Gasteiger partial charge in [0.2, 0.25) is 0 Å². The van der Waals surface area contributed by atoms with E-state index in [4.69, 9.17) is 4.74 Å². The van der Waals surface area contributed by atoms with Crippen LogP contribution in [-0.4, -0.2) is 18.1 Å². The second-order valence-electron chi connectivity index (χ2n) is 7.85. The summed E-state index contributed by atoms with van der Waals surface area (Å²) in [6, 6.07) is 29.9. The summed E-state index contributed by atoms with van der Waals surface area (Å²) in [5.41, 5.74) is 1.39. The number of carbonyl (C=O) groups excluding carboxylic acids is 1. The van der Waals surface area contributed by atoms with Crippen LogP contribution in [0.3, 0.4) is 0 Å². The molecule has 0 radical (unpaired) electrons.